The van der Waals surface area contributed by atoms with E-state index in [0.717, 1.165) is 15.6 Å². The molecule has 2 aromatic carbocycles. The van der Waals surface area contributed by atoms with Crippen molar-refractivity contribution < 1.29 is 19.1 Å². The van der Waals surface area contributed by atoms with Gasteiger partial charge < -0.3 is 9.47 Å². The Morgan fingerprint density at radius 1 is 1.23 bits per heavy atom. The predicted octanol–water partition coefficient (Wildman–Crippen LogP) is 5.25. The quantitative estimate of drug-likeness (QED) is 0.692. The van der Waals surface area contributed by atoms with Crippen molar-refractivity contribution in [3.8, 4) is 0 Å². The van der Waals surface area contributed by atoms with Crippen molar-refractivity contribution in [1.82, 2.24) is 0 Å². The number of fused-ring (bicyclic) bond motifs is 1. The fourth-order valence-electron chi connectivity index (χ4n) is 2.83. The van der Waals surface area contributed by atoms with Gasteiger partial charge in [0.1, 0.15) is 11.7 Å². The molecular formula is C20H20BrNO4. The van der Waals surface area contributed by atoms with Crippen LogP contribution in [0.15, 0.2) is 46.9 Å². The van der Waals surface area contributed by atoms with E-state index in [1.807, 2.05) is 51.1 Å². The van der Waals surface area contributed by atoms with Crippen molar-refractivity contribution in [3.05, 3.63) is 63.6 Å². The number of para-hydroxylation sites is 1. The predicted molar refractivity (Wildman–Crippen MR) is 102 cm³/mol. The van der Waals surface area contributed by atoms with E-state index in [1.165, 1.54) is 0 Å². The number of esters is 1. The number of hydrogen-bond acceptors (Lipinski definition) is 4. The standard InChI is InChI=1S/C20H20BrNO4/c1-20(2,3)26-19(24)22-16-7-5-4-6-12(16)10-17-14-9-8-13(21)11-15(14)18(23)25-17/h4-9,11,17H,10H2,1-3H3,(H,22,24). The molecule has 1 amide bonds. The number of benzene rings is 2. The molecule has 1 aliphatic rings. The molecule has 2 aromatic rings. The molecule has 0 aromatic heterocycles. The third kappa shape index (κ3) is 4.25. The van der Waals surface area contributed by atoms with Gasteiger partial charge in [-0.1, -0.05) is 40.2 Å². The van der Waals surface area contributed by atoms with Gasteiger partial charge in [-0.3, -0.25) is 5.32 Å². The van der Waals surface area contributed by atoms with Gasteiger partial charge in [0.15, 0.2) is 0 Å². The molecule has 136 valence electrons. The van der Waals surface area contributed by atoms with Gasteiger partial charge in [0.2, 0.25) is 0 Å². The first-order valence-corrected chi connectivity index (χ1v) is 9.10. The molecule has 0 radical (unpaired) electrons. The summed E-state index contributed by atoms with van der Waals surface area (Å²) in [7, 11) is 0. The first-order valence-electron chi connectivity index (χ1n) is 8.31. The van der Waals surface area contributed by atoms with Gasteiger partial charge in [-0.25, -0.2) is 9.59 Å². The highest BCUT2D eigenvalue weighted by Crippen LogP contribution is 2.36. The molecular weight excluding hydrogens is 398 g/mol. The van der Waals surface area contributed by atoms with Crippen LogP contribution in [0, 0.1) is 0 Å². The zero-order valence-corrected chi connectivity index (χ0v) is 16.4. The van der Waals surface area contributed by atoms with Gasteiger partial charge in [0.05, 0.1) is 5.56 Å². The highest BCUT2D eigenvalue weighted by Gasteiger charge is 2.31. The van der Waals surface area contributed by atoms with Gasteiger partial charge in [0.25, 0.3) is 0 Å². The first-order chi connectivity index (χ1) is 12.2. The summed E-state index contributed by atoms with van der Waals surface area (Å²) in [4.78, 5) is 24.2. The van der Waals surface area contributed by atoms with Gasteiger partial charge >= 0.3 is 12.1 Å². The number of ether oxygens (including phenoxy) is 2. The Labute approximate surface area is 160 Å². The van der Waals surface area contributed by atoms with Crippen LogP contribution >= 0.6 is 15.9 Å². The molecule has 5 nitrogen and oxygen atoms in total. The van der Waals surface area contributed by atoms with E-state index >= 15 is 0 Å². The van der Waals surface area contributed by atoms with Crippen LogP contribution in [0.1, 0.15) is 48.4 Å². The summed E-state index contributed by atoms with van der Waals surface area (Å²) < 4.78 is 11.7. The van der Waals surface area contributed by atoms with Gasteiger partial charge in [0, 0.05) is 22.1 Å². The zero-order chi connectivity index (χ0) is 18.9. The van der Waals surface area contributed by atoms with Gasteiger partial charge in [-0.05, 0) is 44.5 Å². The van der Waals surface area contributed by atoms with E-state index in [-0.39, 0.29) is 12.1 Å². The number of hydrogen-bond donors (Lipinski definition) is 1. The van der Waals surface area contributed by atoms with Crippen LogP contribution in [0.2, 0.25) is 0 Å². The minimum Gasteiger partial charge on any atom is -0.454 e. The Morgan fingerprint density at radius 2 is 1.96 bits per heavy atom. The summed E-state index contributed by atoms with van der Waals surface area (Å²) in [6.45, 7) is 5.43. The number of halogens is 1. The van der Waals surface area contributed by atoms with Crippen molar-refractivity contribution in [1.29, 1.82) is 0 Å². The molecule has 0 saturated carbocycles. The molecule has 3 rings (SSSR count). The Hall–Kier alpha value is -2.34. The van der Waals surface area contributed by atoms with Crippen molar-refractivity contribution in [2.45, 2.75) is 38.9 Å². The second-order valence-electron chi connectivity index (χ2n) is 7.11. The molecule has 6 heteroatoms. The van der Waals surface area contributed by atoms with Crippen molar-refractivity contribution >= 4 is 33.7 Å². The highest BCUT2D eigenvalue weighted by molar-refractivity contribution is 9.10. The lowest BCUT2D eigenvalue weighted by Gasteiger charge is -2.21. The molecule has 0 spiro atoms. The molecule has 1 N–H and O–H groups in total. The molecule has 0 saturated heterocycles. The summed E-state index contributed by atoms with van der Waals surface area (Å²) in [6, 6.07) is 13.0. The largest absolute Gasteiger partial charge is 0.454 e. The highest BCUT2D eigenvalue weighted by atomic mass is 79.9. The van der Waals surface area contributed by atoms with Crippen molar-refractivity contribution in [2.24, 2.45) is 0 Å². The minimum absolute atomic E-state index is 0.330. The van der Waals surface area contributed by atoms with Crippen LogP contribution in [-0.4, -0.2) is 17.7 Å². The minimum atomic E-state index is -0.577. The van der Waals surface area contributed by atoms with Crippen LogP contribution in [0.3, 0.4) is 0 Å². The van der Waals surface area contributed by atoms with E-state index in [1.54, 1.807) is 12.1 Å². The smallest absolute Gasteiger partial charge is 0.412 e. The molecule has 0 fully saturated rings. The number of carbonyl (C=O) groups excluding carboxylic acids is 2. The fraction of sp³-hybridized carbons (Fsp3) is 0.300. The summed E-state index contributed by atoms with van der Waals surface area (Å²) >= 11 is 3.37. The molecule has 26 heavy (non-hydrogen) atoms. The maximum Gasteiger partial charge on any atom is 0.412 e. The van der Waals surface area contributed by atoms with E-state index in [9.17, 15) is 9.59 Å². The number of anilines is 1. The SMILES string of the molecule is CC(C)(C)OC(=O)Nc1ccccc1CC1OC(=O)c2cc(Br)ccc21. The third-order valence-electron chi connectivity index (χ3n) is 3.89. The maximum atomic E-state index is 12.1. The first kappa shape index (κ1) is 18.5. The lowest BCUT2D eigenvalue weighted by molar-refractivity contribution is 0.0386. The lowest BCUT2D eigenvalue weighted by Crippen LogP contribution is -2.27. The summed E-state index contributed by atoms with van der Waals surface area (Å²) in [6.07, 6.45) is -0.434. The normalized spacial score (nSPS) is 16.0. The van der Waals surface area contributed by atoms with Crippen LogP contribution in [-0.2, 0) is 15.9 Å². The molecule has 1 unspecified atom stereocenters. The van der Waals surface area contributed by atoms with Crippen molar-refractivity contribution in [3.63, 3.8) is 0 Å². The maximum absolute atomic E-state index is 12.1. The molecule has 1 heterocycles. The number of rotatable bonds is 3. The fourth-order valence-corrected chi connectivity index (χ4v) is 3.19. The number of cyclic esters (lactones) is 1. The van der Waals surface area contributed by atoms with E-state index in [0.29, 0.717) is 17.7 Å². The lowest BCUT2D eigenvalue weighted by atomic mass is 9.98. The van der Waals surface area contributed by atoms with Crippen LogP contribution in [0.4, 0.5) is 10.5 Å². The average molecular weight is 418 g/mol. The Balaban J connectivity index is 1.80. The van der Waals surface area contributed by atoms with Gasteiger partial charge in [-0.2, -0.15) is 0 Å². The Morgan fingerprint density at radius 3 is 2.69 bits per heavy atom. The molecule has 1 atom stereocenters. The van der Waals surface area contributed by atoms with Gasteiger partial charge in [-0.15, -0.1) is 0 Å². The van der Waals surface area contributed by atoms with Crippen molar-refractivity contribution in [2.75, 3.05) is 5.32 Å². The number of nitrogens with one attached hydrogen (secondary N) is 1. The summed E-state index contributed by atoms with van der Waals surface area (Å²) in [5, 5.41) is 2.78. The molecule has 0 bridgehead atoms. The zero-order valence-electron chi connectivity index (χ0n) is 14.8. The number of amides is 1. The summed E-state index contributed by atoms with van der Waals surface area (Å²) in [5.41, 5.74) is 2.36. The second-order valence-corrected chi connectivity index (χ2v) is 8.03. The topological polar surface area (TPSA) is 64.6 Å². The van der Waals surface area contributed by atoms with E-state index in [4.69, 9.17) is 9.47 Å². The number of carbonyl (C=O) groups is 2. The third-order valence-corrected chi connectivity index (χ3v) is 4.38. The Bertz CT molecular complexity index is 857. The average Bonchev–Trinajstić information content (AvgIpc) is 2.83. The van der Waals surface area contributed by atoms with Crippen LogP contribution in [0.25, 0.3) is 0 Å². The molecule has 0 aliphatic carbocycles. The van der Waals surface area contributed by atoms with Crippen LogP contribution < -0.4 is 5.32 Å². The summed E-state index contributed by atoms with van der Waals surface area (Å²) in [5.74, 6) is -0.330. The van der Waals surface area contributed by atoms with E-state index < -0.39 is 11.7 Å². The Kier molecular flexibility index (Phi) is 5.05. The van der Waals surface area contributed by atoms with Crippen LogP contribution in [0.5, 0.6) is 0 Å². The second kappa shape index (κ2) is 7.11. The van der Waals surface area contributed by atoms with E-state index in [2.05, 4.69) is 21.2 Å². The monoisotopic (exact) mass is 417 g/mol. The molecule has 1 aliphatic heterocycles.